The van der Waals surface area contributed by atoms with E-state index in [9.17, 15) is 4.79 Å². The number of carbonyl (C=O) groups is 1. The van der Waals surface area contributed by atoms with Crippen LogP contribution in [0.4, 0.5) is 0 Å². The second kappa shape index (κ2) is 6.29. The Hall–Kier alpha value is -2.74. The average molecular weight is 342 g/mol. The molecule has 0 N–H and O–H groups in total. The van der Waals surface area contributed by atoms with E-state index in [1.54, 1.807) is 11.8 Å². The van der Waals surface area contributed by atoms with E-state index in [2.05, 4.69) is 15.3 Å². The molecule has 0 aliphatic carbocycles. The van der Waals surface area contributed by atoms with E-state index in [1.165, 1.54) is 0 Å². The van der Waals surface area contributed by atoms with Crippen LogP contribution in [0.2, 0.25) is 0 Å². The second-order valence-electron chi connectivity index (χ2n) is 6.22. The molecule has 1 fully saturated rings. The molecule has 0 spiro atoms. The summed E-state index contributed by atoms with van der Waals surface area (Å²) in [5.41, 5.74) is 1.32. The summed E-state index contributed by atoms with van der Waals surface area (Å²) in [4.78, 5) is 18.7. The van der Waals surface area contributed by atoms with Crippen molar-refractivity contribution in [3.05, 3.63) is 41.7 Å². The molecule has 1 aliphatic heterocycles. The van der Waals surface area contributed by atoms with Crippen LogP contribution in [-0.4, -0.2) is 45.3 Å². The number of amides is 1. The van der Waals surface area contributed by atoms with E-state index >= 15 is 0 Å². The molecule has 0 bridgehead atoms. The highest BCUT2D eigenvalue weighted by Crippen LogP contribution is 2.25. The Morgan fingerprint density at radius 2 is 2.08 bits per heavy atom. The van der Waals surface area contributed by atoms with Gasteiger partial charge in [0.2, 0.25) is 5.91 Å². The summed E-state index contributed by atoms with van der Waals surface area (Å²) in [5.74, 6) is 0.910. The molecule has 3 heterocycles. The highest BCUT2D eigenvalue weighted by Gasteiger charge is 2.33. The quantitative estimate of drug-likeness (QED) is 0.719. The number of nitrogens with zero attached hydrogens (tertiary/aromatic N) is 4. The largest absolute Gasteiger partial charge is 0.362 e. The van der Waals surface area contributed by atoms with Gasteiger partial charge in [-0.25, -0.2) is 0 Å². The lowest BCUT2D eigenvalue weighted by Crippen LogP contribution is -2.46. The first-order valence-corrected chi connectivity index (χ1v) is 8.17. The SMILES string of the molecule is Cc1noc([C@H]2CN(C(=O)Cc3noc4ccccc34)C[C@@H](C)O2)n1. The molecule has 8 heteroatoms. The van der Waals surface area contributed by atoms with Crippen molar-refractivity contribution < 1.29 is 18.6 Å². The topological polar surface area (TPSA) is 94.5 Å². The van der Waals surface area contributed by atoms with Gasteiger partial charge >= 0.3 is 0 Å². The normalized spacial score (nSPS) is 21.0. The highest BCUT2D eigenvalue weighted by molar-refractivity contribution is 5.86. The zero-order valence-corrected chi connectivity index (χ0v) is 14.0. The predicted molar refractivity (Wildman–Crippen MR) is 86.6 cm³/mol. The van der Waals surface area contributed by atoms with E-state index in [0.717, 1.165) is 5.39 Å². The van der Waals surface area contributed by atoms with Crippen molar-refractivity contribution in [3.8, 4) is 0 Å². The third-order valence-corrected chi connectivity index (χ3v) is 4.20. The lowest BCUT2D eigenvalue weighted by molar-refractivity contribution is -0.146. The second-order valence-corrected chi connectivity index (χ2v) is 6.22. The number of morpholine rings is 1. The number of aromatic nitrogens is 3. The van der Waals surface area contributed by atoms with Crippen LogP contribution >= 0.6 is 0 Å². The summed E-state index contributed by atoms with van der Waals surface area (Å²) < 4.78 is 16.3. The Balaban J connectivity index is 1.51. The van der Waals surface area contributed by atoms with E-state index in [1.807, 2.05) is 31.2 Å². The van der Waals surface area contributed by atoms with E-state index in [-0.39, 0.29) is 18.4 Å². The standard InChI is InChI=1S/C17H18N4O4/c1-10-8-21(9-15(23-10)17-18-11(2)19-25-17)16(22)7-13-12-5-3-4-6-14(12)24-20-13/h3-6,10,15H,7-9H2,1-2H3/t10-,15-/m1/s1. The molecule has 0 saturated carbocycles. The van der Waals surface area contributed by atoms with Gasteiger partial charge in [-0.05, 0) is 26.0 Å². The summed E-state index contributed by atoms with van der Waals surface area (Å²) >= 11 is 0. The van der Waals surface area contributed by atoms with Crippen molar-refractivity contribution in [1.29, 1.82) is 0 Å². The van der Waals surface area contributed by atoms with Gasteiger partial charge in [0.15, 0.2) is 17.5 Å². The molecular weight excluding hydrogens is 324 g/mol. The fourth-order valence-corrected chi connectivity index (χ4v) is 3.06. The fourth-order valence-electron chi connectivity index (χ4n) is 3.06. The van der Waals surface area contributed by atoms with E-state index < -0.39 is 6.10 Å². The van der Waals surface area contributed by atoms with Crippen molar-refractivity contribution in [2.75, 3.05) is 13.1 Å². The van der Waals surface area contributed by atoms with Crippen LogP contribution in [0, 0.1) is 6.92 Å². The Morgan fingerprint density at radius 1 is 1.24 bits per heavy atom. The molecule has 0 radical (unpaired) electrons. The maximum absolute atomic E-state index is 12.8. The van der Waals surface area contributed by atoms with Crippen molar-refractivity contribution in [2.45, 2.75) is 32.5 Å². The zero-order valence-electron chi connectivity index (χ0n) is 14.0. The van der Waals surface area contributed by atoms with Gasteiger partial charge in [0, 0.05) is 11.9 Å². The molecule has 25 heavy (non-hydrogen) atoms. The molecule has 1 saturated heterocycles. The molecule has 0 unspecified atom stereocenters. The van der Waals surface area contributed by atoms with Gasteiger partial charge in [0.05, 0.1) is 19.1 Å². The Labute approximate surface area is 143 Å². The van der Waals surface area contributed by atoms with Gasteiger partial charge in [-0.15, -0.1) is 0 Å². The lowest BCUT2D eigenvalue weighted by atomic mass is 10.1. The van der Waals surface area contributed by atoms with Crippen molar-refractivity contribution >= 4 is 16.9 Å². The molecule has 1 amide bonds. The third-order valence-electron chi connectivity index (χ3n) is 4.20. The first-order valence-electron chi connectivity index (χ1n) is 8.17. The minimum Gasteiger partial charge on any atom is -0.362 e. The monoisotopic (exact) mass is 342 g/mol. The number of ether oxygens (including phenoxy) is 1. The molecular formula is C17H18N4O4. The maximum atomic E-state index is 12.8. The van der Waals surface area contributed by atoms with Gasteiger partial charge in [-0.1, -0.05) is 22.4 Å². The van der Waals surface area contributed by atoms with E-state index in [0.29, 0.717) is 36.1 Å². The van der Waals surface area contributed by atoms with E-state index in [4.69, 9.17) is 13.8 Å². The predicted octanol–water partition coefficient (Wildman–Crippen LogP) is 2.05. The van der Waals surface area contributed by atoms with Crippen molar-refractivity contribution in [1.82, 2.24) is 20.2 Å². The molecule has 130 valence electrons. The van der Waals surface area contributed by atoms with Crippen LogP contribution in [-0.2, 0) is 16.0 Å². The van der Waals surface area contributed by atoms with Crippen LogP contribution in [0.5, 0.6) is 0 Å². The number of fused-ring (bicyclic) bond motifs is 1. The lowest BCUT2D eigenvalue weighted by Gasteiger charge is -2.35. The number of benzene rings is 1. The van der Waals surface area contributed by atoms with Gasteiger partial charge in [0.1, 0.15) is 5.69 Å². The smallest absolute Gasteiger partial charge is 0.257 e. The number of carbonyl (C=O) groups excluding carboxylic acids is 1. The number of rotatable bonds is 3. The number of para-hydroxylation sites is 1. The molecule has 2 aromatic heterocycles. The summed E-state index contributed by atoms with van der Waals surface area (Å²) in [7, 11) is 0. The first-order chi connectivity index (χ1) is 12.1. The molecule has 1 aliphatic rings. The van der Waals surface area contributed by atoms with Gasteiger partial charge in [-0.2, -0.15) is 4.98 Å². The minimum absolute atomic E-state index is 0.0320. The Bertz CT molecular complexity index is 903. The first kappa shape index (κ1) is 15.8. The van der Waals surface area contributed by atoms with Crippen molar-refractivity contribution in [3.63, 3.8) is 0 Å². The van der Waals surface area contributed by atoms with Crippen LogP contribution in [0.1, 0.15) is 30.4 Å². The molecule has 2 atom stereocenters. The average Bonchev–Trinajstić information content (AvgIpc) is 3.21. The van der Waals surface area contributed by atoms with Crippen LogP contribution in [0.25, 0.3) is 11.0 Å². The minimum atomic E-state index is -0.414. The number of hydrogen-bond donors (Lipinski definition) is 0. The number of hydrogen-bond acceptors (Lipinski definition) is 7. The summed E-state index contributed by atoms with van der Waals surface area (Å²) in [5, 5.41) is 8.69. The molecule has 8 nitrogen and oxygen atoms in total. The highest BCUT2D eigenvalue weighted by atomic mass is 16.5. The van der Waals surface area contributed by atoms with Crippen LogP contribution < -0.4 is 0 Å². The summed E-state index contributed by atoms with van der Waals surface area (Å²) in [6.45, 7) is 4.55. The summed E-state index contributed by atoms with van der Waals surface area (Å²) in [6.07, 6.45) is -0.355. The zero-order chi connectivity index (χ0) is 17.4. The van der Waals surface area contributed by atoms with Crippen LogP contribution in [0.3, 0.4) is 0 Å². The molecule has 3 aromatic rings. The summed E-state index contributed by atoms with van der Waals surface area (Å²) in [6, 6.07) is 7.51. The maximum Gasteiger partial charge on any atom is 0.257 e. The van der Waals surface area contributed by atoms with Gasteiger partial charge < -0.3 is 18.7 Å². The number of aryl methyl sites for hydroxylation is 1. The van der Waals surface area contributed by atoms with Crippen molar-refractivity contribution in [2.24, 2.45) is 0 Å². The fraction of sp³-hybridized carbons (Fsp3) is 0.412. The van der Waals surface area contributed by atoms with Crippen LogP contribution in [0.15, 0.2) is 33.3 Å². The Kier molecular flexibility index (Phi) is 3.96. The third kappa shape index (κ3) is 3.12. The molecule has 1 aromatic carbocycles. The van der Waals surface area contributed by atoms with Gasteiger partial charge in [-0.3, -0.25) is 4.79 Å². The Morgan fingerprint density at radius 3 is 2.88 bits per heavy atom. The van der Waals surface area contributed by atoms with Gasteiger partial charge in [0.25, 0.3) is 5.89 Å². The molecule has 4 rings (SSSR count).